The molecular formula is C10H17BrN2O3. The normalized spacial score (nSPS) is 15.4. The first-order valence-corrected chi connectivity index (χ1v) is 5.78. The number of aromatic nitrogens is 2. The van der Waals surface area contributed by atoms with Crippen LogP contribution in [0.4, 0.5) is 0 Å². The van der Waals surface area contributed by atoms with E-state index in [4.69, 9.17) is 9.47 Å². The van der Waals surface area contributed by atoms with Crippen molar-refractivity contribution in [2.75, 3.05) is 14.2 Å². The highest BCUT2D eigenvalue weighted by Crippen LogP contribution is 2.32. The highest BCUT2D eigenvalue weighted by molar-refractivity contribution is 9.10. The number of aliphatic hydroxyl groups is 1. The molecular weight excluding hydrogens is 276 g/mol. The molecule has 0 aliphatic rings. The first-order chi connectivity index (χ1) is 7.48. The number of hydrogen-bond donors (Lipinski definition) is 1. The van der Waals surface area contributed by atoms with Crippen LogP contribution in [-0.4, -0.2) is 35.4 Å². The van der Waals surface area contributed by atoms with Gasteiger partial charge in [-0.25, -0.2) is 0 Å². The fourth-order valence-electron chi connectivity index (χ4n) is 1.77. The van der Waals surface area contributed by atoms with Gasteiger partial charge >= 0.3 is 0 Å². The molecule has 1 atom stereocenters. The van der Waals surface area contributed by atoms with E-state index in [1.54, 1.807) is 17.8 Å². The fraction of sp³-hybridized carbons (Fsp3) is 0.700. The summed E-state index contributed by atoms with van der Waals surface area (Å²) < 4.78 is 12.7. The molecule has 0 aliphatic heterocycles. The highest BCUT2D eigenvalue weighted by atomic mass is 79.9. The molecule has 1 aromatic rings. The molecule has 0 fully saturated rings. The van der Waals surface area contributed by atoms with Gasteiger partial charge in [-0.15, -0.1) is 0 Å². The molecule has 1 N–H and O–H groups in total. The van der Waals surface area contributed by atoms with Crippen LogP contribution in [0.5, 0.6) is 0 Å². The van der Waals surface area contributed by atoms with Crippen LogP contribution in [0.25, 0.3) is 0 Å². The van der Waals surface area contributed by atoms with Crippen molar-refractivity contribution >= 4 is 15.9 Å². The fourth-order valence-corrected chi connectivity index (χ4v) is 2.47. The van der Waals surface area contributed by atoms with Gasteiger partial charge in [-0.2, -0.15) is 5.10 Å². The van der Waals surface area contributed by atoms with Crippen molar-refractivity contribution in [3.8, 4) is 0 Å². The molecule has 6 heteroatoms. The summed E-state index contributed by atoms with van der Waals surface area (Å²) in [7, 11) is 2.98. The first kappa shape index (κ1) is 13.6. The Kier molecular flexibility index (Phi) is 4.49. The van der Waals surface area contributed by atoms with Crippen LogP contribution in [0.15, 0.2) is 10.7 Å². The van der Waals surface area contributed by atoms with E-state index < -0.39 is 11.9 Å². The Morgan fingerprint density at radius 3 is 2.56 bits per heavy atom. The summed E-state index contributed by atoms with van der Waals surface area (Å²) in [4.78, 5) is 0. The van der Waals surface area contributed by atoms with E-state index in [-0.39, 0.29) is 0 Å². The van der Waals surface area contributed by atoms with Gasteiger partial charge in [0, 0.05) is 20.8 Å². The van der Waals surface area contributed by atoms with Gasteiger partial charge in [0.15, 0.2) is 11.9 Å². The van der Waals surface area contributed by atoms with Crippen LogP contribution >= 0.6 is 15.9 Å². The summed E-state index contributed by atoms with van der Waals surface area (Å²) in [5.74, 6) is 0. The van der Waals surface area contributed by atoms with Crippen molar-refractivity contribution in [2.45, 2.75) is 32.3 Å². The number of methoxy groups -OCH3 is 2. The summed E-state index contributed by atoms with van der Waals surface area (Å²) in [5, 5.41) is 14.6. The van der Waals surface area contributed by atoms with E-state index in [0.29, 0.717) is 12.2 Å². The molecule has 16 heavy (non-hydrogen) atoms. The Labute approximate surface area is 103 Å². The second-order valence-corrected chi connectivity index (χ2v) is 4.46. The molecule has 0 aliphatic carbocycles. The quantitative estimate of drug-likeness (QED) is 0.836. The smallest absolute Gasteiger partial charge is 0.191 e. The van der Waals surface area contributed by atoms with Gasteiger partial charge in [0.25, 0.3) is 0 Å². The van der Waals surface area contributed by atoms with Crippen LogP contribution in [-0.2, 0) is 21.6 Å². The van der Waals surface area contributed by atoms with E-state index in [9.17, 15) is 5.11 Å². The third-order valence-electron chi connectivity index (χ3n) is 2.46. The van der Waals surface area contributed by atoms with E-state index in [0.717, 1.165) is 4.47 Å². The number of rotatable bonds is 5. The topological polar surface area (TPSA) is 56.5 Å². The van der Waals surface area contributed by atoms with Crippen molar-refractivity contribution in [3.05, 3.63) is 16.4 Å². The maximum atomic E-state index is 10.5. The molecule has 5 nitrogen and oxygen atoms in total. The number of hydrogen-bond acceptors (Lipinski definition) is 4. The van der Waals surface area contributed by atoms with Gasteiger partial charge in [-0.3, -0.25) is 4.68 Å². The number of nitrogens with zero attached hydrogens (tertiary/aromatic N) is 2. The van der Waals surface area contributed by atoms with Crippen molar-refractivity contribution in [2.24, 2.45) is 0 Å². The molecule has 0 saturated heterocycles. The average Bonchev–Trinajstić information content (AvgIpc) is 2.61. The summed E-state index contributed by atoms with van der Waals surface area (Å²) in [6.45, 7) is 4.25. The molecule has 0 spiro atoms. The molecule has 92 valence electrons. The van der Waals surface area contributed by atoms with Crippen molar-refractivity contribution in [3.63, 3.8) is 0 Å². The van der Waals surface area contributed by atoms with Crippen molar-refractivity contribution < 1.29 is 14.6 Å². The van der Waals surface area contributed by atoms with E-state index in [1.807, 2.05) is 6.92 Å². The Hall–Kier alpha value is -0.430. The zero-order chi connectivity index (χ0) is 12.3. The van der Waals surface area contributed by atoms with Crippen LogP contribution in [0.3, 0.4) is 0 Å². The summed E-state index contributed by atoms with van der Waals surface area (Å²) in [6.07, 6.45) is 0.904. The largest absolute Gasteiger partial charge is 0.378 e. The van der Waals surface area contributed by atoms with E-state index in [2.05, 4.69) is 21.0 Å². The summed E-state index contributed by atoms with van der Waals surface area (Å²) in [6, 6.07) is 0. The lowest BCUT2D eigenvalue weighted by Crippen LogP contribution is -2.41. The highest BCUT2D eigenvalue weighted by Gasteiger charge is 2.39. The van der Waals surface area contributed by atoms with Crippen LogP contribution < -0.4 is 0 Å². The maximum absolute atomic E-state index is 10.5. The molecule has 0 saturated carbocycles. The average molecular weight is 293 g/mol. The summed E-state index contributed by atoms with van der Waals surface area (Å²) >= 11 is 3.37. The molecule has 0 amide bonds. The zero-order valence-electron chi connectivity index (χ0n) is 9.90. The number of aryl methyl sites for hydroxylation is 1. The lowest BCUT2D eigenvalue weighted by atomic mass is 10.0. The summed E-state index contributed by atoms with van der Waals surface area (Å²) in [5.41, 5.74) is -0.627. The minimum absolute atomic E-state index is 0.642. The first-order valence-electron chi connectivity index (χ1n) is 4.98. The molecule has 1 rings (SSSR count). The van der Waals surface area contributed by atoms with E-state index >= 15 is 0 Å². The van der Waals surface area contributed by atoms with Crippen LogP contribution in [0.1, 0.15) is 19.5 Å². The third kappa shape index (κ3) is 2.29. The zero-order valence-corrected chi connectivity index (χ0v) is 11.5. The van der Waals surface area contributed by atoms with E-state index in [1.165, 1.54) is 14.2 Å². The lowest BCUT2D eigenvalue weighted by molar-refractivity contribution is -0.215. The monoisotopic (exact) mass is 292 g/mol. The van der Waals surface area contributed by atoms with Gasteiger partial charge in [0.05, 0.1) is 16.4 Å². The van der Waals surface area contributed by atoms with Gasteiger partial charge in [-0.1, -0.05) is 0 Å². The Balaban J connectivity index is 3.18. The van der Waals surface area contributed by atoms with Gasteiger partial charge < -0.3 is 14.6 Å². The predicted molar refractivity (Wildman–Crippen MR) is 63.0 cm³/mol. The maximum Gasteiger partial charge on any atom is 0.191 e. The van der Waals surface area contributed by atoms with Crippen molar-refractivity contribution in [1.82, 2.24) is 9.78 Å². The minimum Gasteiger partial charge on any atom is -0.378 e. The Morgan fingerprint density at radius 2 is 2.12 bits per heavy atom. The standard InChI is InChI=1S/C10H17BrN2O3/c1-5-13-8(7(11)6-12-13)10(2,14)9(15-3)16-4/h6,9,14H,5H2,1-4H3. The lowest BCUT2D eigenvalue weighted by Gasteiger charge is -2.31. The molecule has 1 unspecified atom stereocenters. The van der Waals surface area contributed by atoms with Crippen molar-refractivity contribution in [1.29, 1.82) is 0 Å². The molecule has 0 radical (unpaired) electrons. The third-order valence-corrected chi connectivity index (χ3v) is 3.04. The van der Waals surface area contributed by atoms with Gasteiger partial charge in [0.1, 0.15) is 0 Å². The Morgan fingerprint density at radius 1 is 1.56 bits per heavy atom. The second-order valence-electron chi connectivity index (χ2n) is 3.61. The van der Waals surface area contributed by atoms with Crippen LogP contribution in [0.2, 0.25) is 0 Å². The van der Waals surface area contributed by atoms with Crippen LogP contribution in [0, 0.1) is 0 Å². The minimum atomic E-state index is -1.27. The molecule has 0 bridgehead atoms. The Bertz CT molecular complexity index is 348. The predicted octanol–water partition coefficient (Wildman–Crippen LogP) is 1.49. The number of halogens is 1. The van der Waals surface area contributed by atoms with Gasteiger partial charge in [0.2, 0.25) is 0 Å². The molecule has 0 aromatic carbocycles. The molecule has 1 heterocycles. The molecule has 1 aromatic heterocycles. The second kappa shape index (κ2) is 5.27. The SMILES string of the molecule is CCn1ncc(Br)c1C(C)(O)C(OC)OC. The number of ether oxygens (including phenoxy) is 2. The van der Waals surface area contributed by atoms with Gasteiger partial charge in [-0.05, 0) is 29.8 Å².